The van der Waals surface area contributed by atoms with E-state index in [0.717, 1.165) is 12.1 Å². The highest BCUT2D eigenvalue weighted by Crippen LogP contribution is 2.44. The maximum atomic E-state index is 12.6. The van der Waals surface area contributed by atoms with Gasteiger partial charge >= 0.3 is 5.97 Å². The van der Waals surface area contributed by atoms with Crippen LogP contribution in [-0.2, 0) is 14.3 Å². The zero-order valence-corrected chi connectivity index (χ0v) is 14.2. The van der Waals surface area contributed by atoms with Gasteiger partial charge in [-0.1, -0.05) is 18.2 Å². The highest BCUT2D eigenvalue weighted by Gasteiger charge is 2.48. The Hall–Kier alpha value is -3.03. The number of methoxy groups -OCH3 is 1. The molecule has 1 aliphatic carbocycles. The second kappa shape index (κ2) is 6.70. The third-order valence-electron chi connectivity index (χ3n) is 4.99. The van der Waals surface area contributed by atoms with Gasteiger partial charge in [0.2, 0.25) is 0 Å². The summed E-state index contributed by atoms with van der Waals surface area (Å²) in [4.78, 5) is 39.9. The van der Waals surface area contributed by atoms with E-state index < -0.39 is 40.1 Å². The van der Waals surface area contributed by atoms with Crippen LogP contribution in [0.1, 0.15) is 24.8 Å². The van der Waals surface area contributed by atoms with Crippen LogP contribution in [0.25, 0.3) is 0 Å². The lowest BCUT2D eigenvalue weighted by atomic mass is 9.66. The Kier molecular flexibility index (Phi) is 4.58. The molecule has 26 heavy (non-hydrogen) atoms. The number of aliphatic imine (C=N–C) groups is 1. The average molecular weight is 357 g/mol. The molecule has 0 N–H and O–H groups in total. The standard InChI is InChI=1S/C18H18N2O6/c1-9-15(18(23)26-2)16(17-11(19-9)4-3-5-14(17)22)10-6-7-13(21)12(8-10)20(24)25/h3,5-8,11,15-17,21H,4H2,1-2H3/p-1/t11-,15?,16+,17+/m0/s1. The van der Waals surface area contributed by atoms with Crippen LogP contribution in [0.3, 0.4) is 0 Å². The second-order valence-corrected chi connectivity index (χ2v) is 6.41. The number of ketones is 1. The topological polar surface area (TPSA) is 122 Å². The summed E-state index contributed by atoms with van der Waals surface area (Å²) in [5.74, 6) is -3.63. The van der Waals surface area contributed by atoms with Crippen molar-refractivity contribution in [3.05, 3.63) is 46.0 Å². The molecule has 1 unspecified atom stereocenters. The number of nitrogens with zero attached hydrogens (tertiary/aromatic N) is 2. The third-order valence-corrected chi connectivity index (χ3v) is 4.99. The molecule has 0 saturated carbocycles. The number of hydrogen-bond donors (Lipinski definition) is 0. The van der Waals surface area contributed by atoms with Gasteiger partial charge in [0.05, 0.1) is 24.0 Å². The van der Waals surface area contributed by atoms with Crippen molar-refractivity contribution in [2.24, 2.45) is 16.8 Å². The van der Waals surface area contributed by atoms with Crippen molar-refractivity contribution in [3.8, 4) is 5.75 Å². The Labute approximate surface area is 149 Å². The molecule has 0 fully saturated rings. The lowest BCUT2D eigenvalue weighted by Crippen LogP contribution is -2.46. The molecular weight excluding hydrogens is 340 g/mol. The van der Waals surface area contributed by atoms with E-state index >= 15 is 0 Å². The second-order valence-electron chi connectivity index (χ2n) is 6.41. The predicted molar refractivity (Wildman–Crippen MR) is 89.9 cm³/mol. The Bertz CT molecular complexity index is 844. The van der Waals surface area contributed by atoms with Gasteiger partial charge < -0.3 is 9.84 Å². The Balaban J connectivity index is 2.18. The molecule has 3 rings (SSSR count). The van der Waals surface area contributed by atoms with E-state index in [-0.39, 0.29) is 11.8 Å². The molecule has 0 spiro atoms. The van der Waals surface area contributed by atoms with Gasteiger partial charge in [-0.25, -0.2) is 0 Å². The lowest BCUT2D eigenvalue weighted by Gasteiger charge is -2.40. The van der Waals surface area contributed by atoms with E-state index in [1.54, 1.807) is 13.0 Å². The van der Waals surface area contributed by atoms with Gasteiger partial charge in [-0.05, 0) is 30.7 Å². The minimum absolute atomic E-state index is 0.190. The van der Waals surface area contributed by atoms with Crippen LogP contribution in [0.2, 0.25) is 0 Å². The number of hydrogen-bond acceptors (Lipinski definition) is 7. The van der Waals surface area contributed by atoms with E-state index in [2.05, 4.69) is 4.99 Å². The fourth-order valence-corrected chi connectivity index (χ4v) is 3.86. The first-order chi connectivity index (χ1) is 12.3. The molecule has 4 atom stereocenters. The smallest absolute Gasteiger partial charge is 0.315 e. The molecule has 8 nitrogen and oxygen atoms in total. The maximum Gasteiger partial charge on any atom is 0.315 e. The maximum absolute atomic E-state index is 12.6. The molecule has 1 aliphatic heterocycles. The molecule has 0 amide bonds. The number of esters is 1. The zero-order chi connectivity index (χ0) is 19.0. The molecule has 2 aliphatic rings. The van der Waals surface area contributed by atoms with Crippen LogP contribution in [0.15, 0.2) is 35.3 Å². The first kappa shape index (κ1) is 17.8. The number of ether oxygens (including phenoxy) is 1. The van der Waals surface area contributed by atoms with Gasteiger partial charge in [0.1, 0.15) is 5.92 Å². The van der Waals surface area contributed by atoms with Crippen molar-refractivity contribution in [2.75, 3.05) is 7.11 Å². The summed E-state index contributed by atoms with van der Waals surface area (Å²) in [6.45, 7) is 1.68. The molecule has 1 heterocycles. The van der Waals surface area contributed by atoms with E-state index in [1.165, 1.54) is 19.3 Å². The van der Waals surface area contributed by atoms with Gasteiger partial charge in [-0.2, -0.15) is 0 Å². The molecule has 136 valence electrons. The SMILES string of the molecule is COC(=O)C1C(C)=N[C@H]2CC=CC(=O)[C@@H]2[C@@H]1c1ccc([O-])c([N+](=O)[O-])c1. The number of carbonyl (C=O) groups is 2. The molecule has 1 aromatic carbocycles. The highest BCUT2D eigenvalue weighted by molar-refractivity contribution is 6.05. The summed E-state index contributed by atoms with van der Waals surface area (Å²) in [5.41, 5.74) is 0.321. The first-order valence-corrected chi connectivity index (χ1v) is 8.13. The summed E-state index contributed by atoms with van der Waals surface area (Å²) >= 11 is 0. The predicted octanol–water partition coefficient (Wildman–Crippen LogP) is 1.53. The van der Waals surface area contributed by atoms with Crippen molar-refractivity contribution in [1.29, 1.82) is 0 Å². The highest BCUT2D eigenvalue weighted by atomic mass is 16.6. The van der Waals surface area contributed by atoms with Crippen molar-refractivity contribution in [2.45, 2.75) is 25.3 Å². The number of allylic oxidation sites excluding steroid dienone is 1. The molecular formula is C18H17N2O6-. The van der Waals surface area contributed by atoms with Crippen LogP contribution in [0, 0.1) is 22.0 Å². The average Bonchev–Trinajstić information content (AvgIpc) is 2.60. The zero-order valence-electron chi connectivity index (χ0n) is 14.2. The monoisotopic (exact) mass is 357 g/mol. The summed E-state index contributed by atoms with van der Waals surface area (Å²) < 4.78 is 4.88. The van der Waals surface area contributed by atoms with Crippen LogP contribution < -0.4 is 5.11 Å². The summed E-state index contributed by atoms with van der Waals surface area (Å²) in [6.07, 6.45) is 3.73. The minimum atomic E-state index is -0.839. The van der Waals surface area contributed by atoms with Gasteiger partial charge in [0.25, 0.3) is 5.69 Å². The van der Waals surface area contributed by atoms with Gasteiger partial charge in [-0.3, -0.25) is 24.7 Å². The number of nitro benzene ring substituents is 1. The normalized spacial score (nSPS) is 27.5. The summed E-state index contributed by atoms with van der Waals surface area (Å²) in [7, 11) is 1.24. The van der Waals surface area contributed by atoms with Crippen molar-refractivity contribution >= 4 is 23.2 Å². The lowest BCUT2D eigenvalue weighted by molar-refractivity contribution is -0.398. The number of carbonyl (C=O) groups excluding carboxylic acids is 2. The van der Waals surface area contributed by atoms with E-state index in [0.29, 0.717) is 17.7 Å². The Morgan fingerprint density at radius 2 is 2.08 bits per heavy atom. The van der Waals surface area contributed by atoms with Crippen molar-refractivity contribution in [3.63, 3.8) is 0 Å². The van der Waals surface area contributed by atoms with Gasteiger partial charge in [0.15, 0.2) is 5.78 Å². The molecule has 0 aromatic heterocycles. The molecule has 0 saturated heterocycles. The largest absolute Gasteiger partial charge is 0.868 e. The quantitative estimate of drug-likeness (QED) is 0.459. The molecule has 0 radical (unpaired) electrons. The van der Waals surface area contributed by atoms with Crippen LogP contribution in [0.4, 0.5) is 5.69 Å². The first-order valence-electron chi connectivity index (χ1n) is 8.13. The number of rotatable bonds is 3. The number of nitro groups is 1. The van der Waals surface area contributed by atoms with Crippen molar-refractivity contribution < 1.29 is 24.4 Å². The fraction of sp³-hybridized carbons (Fsp3) is 0.389. The summed E-state index contributed by atoms with van der Waals surface area (Å²) in [6, 6.07) is 3.35. The Morgan fingerprint density at radius 3 is 2.73 bits per heavy atom. The Morgan fingerprint density at radius 1 is 1.35 bits per heavy atom. The van der Waals surface area contributed by atoms with Gasteiger partial charge in [-0.15, -0.1) is 0 Å². The summed E-state index contributed by atoms with van der Waals surface area (Å²) in [5, 5.41) is 22.9. The van der Waals surface area contributed by atoms with E-state index in [9.17, 15) is 24.8 Å². The van der Waals surface area contributed by atoms with Gasteiger partial charge in [0, 0.05) is 17.7 Å². The number of fused-ring (bicyclic) bond motifs is 1. The van der Waals surface area contributed by atoms with Crippen LogP contribution >= 0.6 is 0 Å². The third kappa shape index (κ3) is 2.87. The molecule has 0 bridgehead atoms. The minimum Gasteiger partial charge on any atom is -0.868 e. The molecule has 8 heteroatoms. The molecule has 1 aromatic rings. The fourth-order valence-electron chi connectivity index (χ4n) is 3.86. The van der Waals surface area contributed by atoms with E-state index in [4.69, 9.17) is 4.74 Å². The van der Waals surface area contributed by atoms with Crippen LogP contribution in [-0.4, -0.2) is 35.5 Å². The van der Waals surface area contributed by atoms with E-state index in [1.807, 2.05) is 0 Å². The number of benzene rings is 1. The van der Waals surface area contributed by atoms with Crippen LogP contribution in [0.5, 0.6) is 5.75 Å². The van der Waals surface area contributed by atoms with Crippen molar-refractivity contribution in [1.82, 2.24) is 0 Å².